The monoisotopic (exact) mass is 458 g/mol. The molecule has 2 N–H and O–H groups in total. The van der Waals surface area contributed by atoms with Crippen LogP contribution in [0, 0.1) is 34.5 Å². The van der Waals surface area contributed by atoms with Gasteiger partial charge in [0.2, 0.25) is 0 Å². The average molecular weight is 459 g/mol. The summed E-state index contributed by atoms with van der Waals surface area (Å²) in [4.78, 5) is 11.4. The summed E-state index contributed by atoms with van der Waals surface area (Å²) in [6, 6.07) is 0. The molecule has 0 aliphatic heterocycles. The van der Waals surface area contributed by atoms with Crippen molar-refractivity contribution in [3.63, 3.8) is 0 Å². The molecule has 0 heterocycles. The average Bonchev–Trinajstić information content (AvgIpc) is 2.93. The first-order valence-electron chi connectivity index (χ1n) is 11.9. The molecular weight excluding hydrogens is 420 g/mol. The molecule has 0 aromatic heterocycles. The van der Waals surface area contributed by atoms with E-state index in [0.717, 1.165) is 51.4 Å². The van der Waals surface area contributed by atoms with Crippen molar-refractivity contribution in [2.75, 3.05) is 0 Å². The summed E-state index contributed by atoms with van der Waals surface area (Å²) in [5, 5.41) is 11.6. The van der Waals surface area contributed by atoms with Gasteiger partial charge in [-0.2, -0.15) is 8.42 Å². The molecule has 31 heavy (non-hydrogen) atoms. The molecular formula is C23H38O7S. The number of rotatable bonds is 4. The summed E-state index contributed by atoms with van der Waals surface area (Å²) < 4.78 is 42.2. The number of hydrogen-bond acceptors (Lipinski definition) is 6. The lowest BCUT2D eigenvalue weighted by Crippen LogP contribution is -2.60. The van der Waals surface area contributed by atoms with Crippen LogP contribution < -0.4 is 0 Å². The first-order valence-corrected chi connectivity index (χ1v) is 13.2. The predicted octanol–water partition coefficient (Wildman–Crippen LogP) is 3.90. The Bertz CT molecular complexity index is 828. The van der Waals surface area contributed by atoms with Crippen LogP contribution in [-0.2, 0) is 24.1 Å². The molecule has 178 valence electrons. The van der Waals surface area contributed by atoms with E-state index in [4.69, 9.17) is 8.92 Å². The van der Waals surface area contributed by atoms with Crippen molar-refractivity contribution >= 4 is 16.4 Å². The zero-order chi connectivity index (χ0) is 22.8. The molecule has 4 aliphatic carbocycles. The fourth-order valence-corrected chi connectivity index (χ4v) is 9.07. The largest absolute Gasteiger partial charge is 0.463 e. The van der Waals surface area contributed by atoms with E-state index < -0.39 is 27.5 Å². The Hall–Kier alpha value is -0.700. The van der Waals surface area contributed by atoms with Crippen molar-refractivity contribution in [2.24, 2.45) is 34.5 Å². The third kappa shape index (κ3) is 3.75. The Morgan fingerprint density at radius 3 is 2.35 bits per heavy atom. The normalized spacial score (nSPS) is 48.3. The minimum absolute atomic E-state index is 0.0379. The number of esters is 1. The number of ether oxygens (including phenoxy) is 1. The van der Waals surface area contributed by atoms with Gasteiger partial charge in [-0.25, -0.2) is 4.18 Å². The molecule has 8 heteroatoms. The highest BCUT2D eigenvalue weighted by Gasteiger charge is 2.66. The molecule has 4 rings (SSSR count). The Kier molecular flexibility index (Phi) is 5.81. The molecule has 0 aromatic carbocycles. The summed E-state index contributed by atoms with van der Waals surface area (Å²) in [6.45, 7) is 7.56. The van der Waals surface area contributed by atoms with E-state index in [1.807, 2.05) is 0 Å². The Labute approximate surface area is 186 Å². The molecule has 7 nitrogen and oxygen atoms in total. The van der Waals surface area contributed by atoms with E-state index in [-0.39, 0.29) is 17.5 Å². The number of carbonyl (C=O) groups is 1. The van der Waals surface area contributed by atoms with E-state index in [2.05, 4.69) is 13.8 Å². The van der Waals surface area contributed by atoms with Gasteiger partial charge in [0.1, 0.15) is 12.2 Å². The fourth-order valence-electron chi connectivity index (χ4n) is 8.54. The first kappa shape index (κ1) is 23.5. The Morgan fingerprint density at radius 2 is 1.71 bits per heavy atom. The zero-order valence-electron chi connectivity index (χ0n) is 19.2. The molecule has 4 aliphatic rings. The Morgan fingerprint density at radius 1 is 1.03 bits per heavy atom. The van der Waals surface area contributed by atoms with Gasteiger partial charge in [-0.3, -0.25) is 9.35 Å². The summed E-state index contributed by atoms with van der Waals surface area (Å²) >= 11 is 0. The molecule has 4 saturated carbocycles. The maximum atomic E-state index is 11.6. The minimum Gasteiger partial charge on any atom is -0.463 e. The van der Waals surface area contributed by atoms with E-state index in [9.17, 15) is 22.9 Å². The second-order valence-electron chi connectivity index (χ2n) is 11.2. The van der Waals surface area contributed by atoms with E-state index in [1.165, 1.54) is 6.92 Å². The van der Waals surface area contributed by atoms with Crippen LogP contribution >= 0.6 is 0 Å². The Balaban J connectivity index is 1.54. The van der Waals surface area contributed by atoms with Crippen molar-refractivity contribution in [2.45, 2.75) is 103 Å². The van der Waals surface area contributed by atoms with Crippen molar-refractivity contribution in [1.82, 2.24) is 0 Å². The van der Waals surface area contributed by atoms with Crippen LogP contribution in [0.2, 0.25) is 0 Å². The standard InChI is InChI=1S/C23H38O7S/c1-14(30-31(26,27)28)23(25)12-9-20-18-6-5-16-13-17(29-15(2)24)7-10-21(16,3)19(18)8-11-22(20,23)4/h14,16-20,25H,5-13H2,1-4H3,(H,26,27,28)/t14-,16+,17+,18+,19-,20-,21-,22-,23-/m0/s1. The van der Waals surface area contributed by atoms with Gasteiger partial charge in [-0.05, 0) is 93.8 Å². The van der Waals surface area contributed by atoms with Crippen LogP contribution in [0.15, 0.2) is 0 Å². The number of hydrogen-bond donors (Lipinski definition) is 2. The van der Waals surface area contributed by atoms with Gasteiger partial charge in [0, 0.05) is 12.3 Å². The molecule has 9 atom stereocenters. The SMILES string of the molecule is CC(=O)O[C@@H]1CC[C@@]2(C)[C@H](CC[C@@H]3[C@@H]2CC[C@@]2(C)[C@H]3CC[C@]2(O)[C@H](C)OS(=O)(=O)O)C1. The van der Waals surface area contributed by atoms with Gasteiger partial charge in [0.25, 0.3) is 0 Å². The van der Waals surface area contributed by atoms with Gasteiger partial charge in [0.05, 0.1) is 5.60 Å². The van der Waals surface area contributed by atoms with Gasteiger partial charge < -0.3 is 9.84 Å². The summed E-state index contributed by atoms with van der Waals surface area (Å²) in [7, 11) is -4.62. The van der Waals surface area contributed by atoms with Crippen molar-refractivity contribution in [3.8, 4) is 0 Å². The predicted molar refractivity (Wildman–Crippen MR) is 114 cm³/mol. The molecule has 0 radical (unpaired) electrons. The van der Waals surface area contributed by atoms with Crippen LogP contribution in [0.3, 0.4) is 0 Å². The summed E-state index contributed by atoms with van der Waals surface area (Å²) in [5.74, 6) is 1.74. The van der Waals surface area contributed by atoms with E-state index in [0.29, 0.717) is 30.1 Å². The molecule has 0 spiro atoms. The summed E-state index contributed by atoms with van der Waals surface area (Å²) in [6.07, 6.45) is 7.36. The summed E-state index contributed by atoms with van der Waals surface area (Å²) in [5.41, 5.74) is -1.49. The third-order valence-electron chi connectivity index (χ3n) is 10.1. The topological polar surface area (TPSA) is 110 Å². The van der Waals surface area contributed by atoms with Gasteiger partial charge >= 0.3 is 16.4 Å². The van der Waals surface area contributed by atoms with Crippen LogP contribution in [0.25, 0.3) is 0 Å². The van der Waals surface area contributed by atoms with E-state index >= 15 is 0 Å². The van der Waals surface area contributed by atoms with Gasteiger partial charge in [-0.1, -0.05) is 13.8 Å². The molecule has 0 amide bonds. The highest BCUT2D eigenvalue weighted by molar-refractivity contribution is 7.80. The molecule has 0 bridgehead atoms. The molecule has 0 aromatic rings. The zero-order valence-corrected chi connectivity index (χ0v) is 20.0. The van der Waals surface area contributed by atoms with Gasteiger partial charge in [-0.15, -0.1) is 0 Å². The van der Waals surface area contributed by atoms with Crippen LogP contribution in [0.5, 0.6) is 0 Å². The maximum Gasteiger partial charge on any atom is 0.397 e. The second kappa shape index (κ2) is 7.67. The highest BCUT2D eigenvalue weighted by Crippen LogP contribution is 2.69. The highest BCUT2D eigenvalue weighted by atomic mass is 32.3. The fraction of sp³-hybridized carbons (Fsp3) is 0.957. The van der Waals surface area contributed by atoms with Crippen molar-refractivity contribution in [3.05, 3.63) is 0 Å². The van der Waals surface area contributed by atoms with Crippen molar-refractivity contribution in [1.29, 1.82) is 0 Å². The molecule has 0 saturated heterocycles. The number of fused-ring (bicyclic) bond motifs is 5. The lowest BCUT2D eigenvalue weighted by Gasteiger charge is -2.62. The van der Waals surface area contributed by atoms with Crippen LogP contribution in [0.1, 0.15) is 85.5 Å². The maximum absolute atomic E-state index is 11.6. The first-order chi connectivity index (χ1) is 14.3. The quantitative estimate of drug-likeness (QED) is 0.485. The third-order valence-corrected chi connectivity index (χ3v) is 10.6. The van der Waals surface area contributed by atoms with E-state index in [1.54, 1.807) is 6.92 Å². The molecule has 4 fully saturated rings. The minimum atomic E-state index is -4.62. The van der Waals surface area contributed by atoms with Crippen LogP contribution in [0.4, 0.5) is 0 Å². The second-order valence-corrected chi connectivity index (χ2v) is 12.3. The smallest absolute Gasteiger partial charge is 0.397 e. The lowest BCUT2D eigenvalue weighted by molar-refractivity contribution is -0.185. The van der Waals surface area contributed by atoms with Crippen LogP contribution in [-0.4, -0.2) is 41.9 Å². The lowest BCUT2D eigenvalue weighted by atomic mass is 9.44. The number of carbonyl (C=O) groups excluding carboxylic acids is 1. The molecule has 0 unspecified atom stereocenters. The van der Waals surface area contributed by atoms with Crippen molar-refractivity contribution < 1.29 is 31.8 Å². The van der Waals surface area contributed by atoms with Gasteiger partial charge in [0.15, 0.2) is 0 Å². The number of aliphatic hydroxyl groups is 1.